The molecule has 412 valence electrons. The molecule has 0 amide bonds. The van der Waals surface area contributed by atoms with E-state index in [-0.39, 0.29) is 24.4 Å². The summed E-state index contributed by atoms with van der Waals surface area (Å²) in [4.78, 5) is 60.3. The first-order valence-corrected chi connectivity index (χ1v) is 28.2. The van der Waals surface area contributed by atoms with Crippen LogP contribution in [0.3, 0.4) is 0 Å². The quantitative estimate of drug-likeness (QED) is 0.158. The highest BCUT2D eigenvalue weighted by atomic mass is 16.4. The number of carbonyl (C=O) groups excluding carboxylic acids is 3. The number of imidazole rings is 3. The number of Topliss-reactive ketones (excluding diaryl/α,β-unsaturated/α-hetero) is 1. The van der Waals surface area contributed by atoms with Gasteiger partial charge in [0, 0.05) is 49.6 Å². The number of carbonyl (C=O) groups is 3. The van der Waals surface area contributed by atoms with Crippen LogP contribution in [0.1, 0.15) is 121 Å². The number of aryl methyl sites for hydroxylation is 6. The molecule has 0 aliphatic heterocycles. The lowest BCUT2D eigenvalue weighted by Crippen LogP contribution is -2.52. The first-order chi connectivity index (χ1) is 38.0. The Labute approximate surface area is 460 Å². The largest absolute Gasteiger partial charge is 0.440 e. The average molecular weight is 1070 g/mol. The lowest BCUT2D eigenvalue weighted by atomic mass is 9.51. The fourth-order valence-corrected chi connectivity index (χ4v) is 14.2. The molecule has 3 aromatic carbocycles. The molecule has 9 aromatic rings. The van der Waals surface area contributed by atoms with Gasteiger partial charge in [0.25, 0.3) is 6.01 Å². The number of nitrogens with zero attached hydrogens (tertiary/aromatic N) is 9. The maximum Gasteiger partial charge on any atom is 0.338 e. The Balaban J connectivity index is 0.000000109. The first-order valence-electron chi connectivity index (χ1n) is 28.2. The van der Waals surface area contributed by atoms with Crippen molar-refractivity contribution in [1.82, 2.24) is 43.6 Å². The molecule has 8 aliphatic rings. The fourth-order valence-electron chi connectivity index (χ4n) is 14.2. The van der Waals surface area contributed by atoms with E-state index in [2.05, 4.69) is 49.8 Å². The van der Waals surface area contributed by atoms with E-state index in [1.165, 1.54) is 113 Å². The number of oxazole rings is 3. The number of aromatic nitrogens is 9. The number of anilines is 1. The SMILES string of the molecule is Cc1cc2nc(CC(=O)CC3C4CC5CC(C4)CC3C5)oc2cc1C.Cc1cc2nc(CC(=O)n3ccnc3)oc2cc1C.Cc1cc2nc(N)oc2cc1C.NC1C2CC3CC(C2)CC1C3.O=C(n1ccnc1)n1ccnc1. The van der Waals surface area contributed by atoms with E-state index in [1.807, 2.05) is 58.0 Å². The fraction of sp³-hybridized carbons (Fsp3) is 0.468. The van der Waals surface area contributed by atoms with Crippen LogP contribution in [0, 0.1) is 94.8 Å². The van der Waals surface area contributed by atoms with Gasteiger partial charge in [-0.3, -0.25) is 23.3 Å². The van der Waals surface area contributed by atoms with Gasteiger partial charge >= 0.3 is 6.03 Å². The predicted octanol–water partition coefficient (Wildman–Crippen LogP) is 11.9. The lowest BCUT2D eigenvalue weighted by molar-refractivity contribution is -0.123. The number of ketones is 1. The van der Waals surface area contributed by atoms with Crippen molar-refractivity contribution in [1.29, 1.82) is 0 Å². The molecule has 8 bridgehead atoms. The smallest absolute Gasteiger partial charge is 0.338 e. The number of benzene rings is 3. The Morgan fingerprint density at radius 3 is 1.30 bits per heavy atom. The topological polar surface area (TPSA) is 235 Å². The molecule has 6 aromatic heterocycles. The molecule has 79 heavy (non-hydrogen) atoms. The van der Waals surface area contributed by atoms with E-state index in [4.69, 9.17) is 24.7 Å². The minimum atomic E-state index is -0.190. The zero-order chi connectivity index (χ0) is 55.1. The molecule has 8 aliphatic carbocycles. The molecular weight excluding hydrogens is 995 g/mol. The van der Waals surface area contributed by atoms with Crippen molar-refractivity contribution in [2.75, 3.05) is 5.73 Å². The highest BCUT2D eigenvalue weighted by Gasteiger charge is 2.49. The van der Waals surface area contributed by atoms with Gasteiger partial charge in [0.15, 0.2) is 16.7 Å². The number of fused-ring (bicyclic) bond motifs is 3. The van der Waals surface area contributed by atoms with E-state index < -0.39 is 0 Å². The van der Waals surface area contributed by atoms with Crippen molar-refractivity contribution in [3.8, 4) is 0 Å². The maximum absolute atomic E-state index is 12.7. The molecular formula is C62H73N11O6. The average Bonchev–Trinajstić information content (AvgIpc) is 4.50. The van der Waals surface area contributed by atoms with Crippen LogP contribution in [-0.4, -0.2) is 67.4 Å². The monoisotopic (exact) mass is 1070 g/mol. The van der Waals surface area contributed by atoms with Crippen LogP contribution in [-0.2, 0) is 17.6 Å². The standard InChI is InChI=1S/C22H27NO2.C14H13N3O2.C10H17N.C9H10N2O.C7H6N4O/c1-12-3-20-21(4-13(12)2)25-22(23-20)11-18(24)10-19-16-6-14-5-15(8-16)9-17(19)7-14;1-9-5-11-12(6-10(9)2)19-13(16-11)7-14(18)17-4-3-15-8-17;11-10-8-2-6-1-7(4-8)5-9(10)3-6;1-5-3-7-8(4-6(5)2)12-9(10)11-7;12-7(10-3-1-8-5-10)11-4-2-9-6-11/h3-4,14-17,19H,5-11H2,1-2H3;3-6,8H,7H2,1-2H3;6-10H,1-5,11H2;3-4H,1-2H3,(H2,10,11);1-6H. The summed E-state index contributed by atoms with van der Waals surface area (Å²) >= 11 is 0. The van der Waals surface area contributed by atoms with Crippen molar-refractivity contribution >= 4 is 57.0 Å². The third-order valence-electron chi connectivity index (χ3n) is 18.2. The number of nitrogens with two attached hydrogens (primary N) is 2. The second kappa shape index (κ2) is 22.7. The van der Waals surface area contributed by atoms with Crippen molar-refractivity contribution in [2.45, 2.75) is 131 Å². The van der Waals surface area contributed by atoms with Crippen molar-refractivity contribution in [3.63, 3.8) is 0 Å². The molecule has 0 saturated heterocycles. The molecule has 17 rings (SSSR count). The van der Waals surface area contributed by atoms with Gasteiger partial charge in [0.2, 0.25) is 17.7 Å². The second-order valence-corrected chi connectivity index (χ2v) is 23.8. The summed E-state index contributed by atoms with van der Waals surface area (Å²) in [5, 5.41) is 0. The zero-order valence-corrected chi connectivity index (χ0v) is 46.3. The normalized spacial score (nSPS) is 24.7. The first kappa shape index (κ1) is 53.5. The van der Waals surface area contributed by atoms with Gasteiger partial charge < -0.3 is 24.7 Å². The summed E-state index contributed by atoms with van der Waals surface area (Å²) in [6.45, 7) is 12.3. The van der Waals surface area contributed by atoms with E-state index in [9.17, 15) is 14.4 Å². The molecule has 6 heterocycles. The second-order valence-electron chi connectivity index (χ2n) is 23.8. The Morgan fingerprint density at radius 1 is 0.494 bits per heavy atom. The Hall–Kier alpha value is -7.53. The van der Waals surface area contributed by atoms with E-state index >= 15 is 0 Å². The minimum absolute atomic E-state index is 0.113. The molecule has 0 atom stereocenters. The molecule has 0 unspecified atom stereocenters. The van der Waals surface area contributed by atoms with Gasteiger partial charge in [0.05, 0.1) is 6.42 Å². The van der Waals surface area contributed by atoms with Crippen molar-refractivity contribution < 1.29 is 27.6 Å². The summed E-state index contributed by atoms with van der Waals surface area (Å²) in [5.41, 5.74) is 23.5. The number of rotatable bonds is 6. The highest BCUT2D eigenvalue weighted by Crippen LogP contribution is 2.57. The van der Waals surface area contributed by atoms with Crippen molar-refractivity contribution in [2.24, 2.45) is 59.0 Å². The number of hydrogen-bond acceptors (Lipinski definition) is 14. The van der Waals surface area contributed by atoms with E-state index in [0.29, 0.717) is 35.9 Å². The van der Waals surface area contributed by atoms with Gasteiger partial charge in [-0.25, -0.2) is 29.7 Å². The van der Waals surface area contributed by atoms with Gasteiger partial charge in [-0.05, 0) is 229 Å². The number of nitrogen functional groups attached to an aromatic ring is 1. The molecule has 8 fully saturated rings. The molecule has 0 radical (unpaired) electrons. The Kier molecular flexibility index (Phi) is 15.3. The van der Waals surface area contributed by atoms with E-state index in [1.54, 1.807) is 43.6 Å². The van der Waals surface area contributed by atoms with Crippen LogP contribution in [0.25, 0.3) is 33.3 Å². The van der Waals surface area contributed by atoms with Crippen LogP contribution in [0.2, 0.25) is 0 Å². The van der Waals surface area contributed by atoms with Crippen LogP contribution in [0.15, 0.2) is 106 Å². The molecule has 4 N–H and O–H groups in total. The molecule has 0 spiro atoms. The van der Waals surface area contributed by atoms with Crippen LogP contribution >= 0.6 is 0 Å². The summed E-state index contributed by atoms with van der Waals surface area (Å²) in [6, 6.07) is 12.6. The van der Waals surface area contributed by atoms with Crippen molar-refractivity contribution in [3.05, 3.63) is 138 Å². The van der Waals surface area contributed by atoms with Gasteiger partial charge in [-0.15, -0.1) is 0 Å². The molecule has 17 heteroatoms. The zero-order valence-electron chi connectivity index (χ0n) is 46.3. The predicted molar refractivity (Wildman–Crippen MR) is 301 cm³/mol. The van der Waals surface area contributed by atoms with Crippen LogP contribution in [0.5, 0.6) is 0 Å². The Morgan fingerprint density at radius 2 is 0.873 bits per heavy atom. The van der Waals surface area contributed by atoms with E-state index in [0.717, 1.165) is 98.2 Å². The number of hydrogen-bond donors (Lipinski definition) is 2. The third-order valence-corrected chi connectivity index (χ3v) is 18.2. The minimum Gasteiger partial charge on any atom is -0.440 e. The van der Waals surface area contributed by atoms with Crippen LogP contribution in [0.4, 0.5) is 10.8 Å². The van der Waals surface area contributed by atoms with Crippen LogP contribution < -0.4 is 11.5 Å². The highest BCUT2D eigenvalue weighted by molar-refractivity contribution is 5.83. The molecule has 8 saturated carbocycles. The van der Waals surface area contributed by atoms with Gasteiger partial charge in [0.1, 0.15) is 47.7 Å². The molecule has 17 nitrogen and oxygen atoms in total. The van der Waals surface area contributed by atoms with Gasteiger partial charge in [-0.1, -0.05) is 0 Å². The summed E-state index contributed by atoms with van der Waals surface area (Å²) in [6.07, 6.45) is 29.4. The van der Waals surface area contributed by atoms with Gasteiger partial charge in [-0.2, -0.15) is 4.98 Å². The summed E-state index contributed by atoms with van der Waals surface area (Å²) in [5.74, 6) is 9.43. The maximum atomic E-state index is 12.7. The summed E-state index contributed by atoms with van der Waals surface area (Å²) < 4.78 is 20.8. The Bertz CT molecular complexity index is 3380. The summed E-state index contributed by atoms with van der Waals surface area (Å²) in [7, 11) is 0. The third kappa shape index (κ3) is 12.1. The lowest BCUT2D eigenvalue weighted by Gasteiger charge is -2.54.